The first kappa shape index (κ1) is 18.8. The Morgan fingerprint density at radius 1 is 1.28 bits per heavy atom. The molecule has 0 atom stereocenters. The molecule has 0 aliphatic rings. The van der Waals surface area contributed by atoms with Gasteiger partial charge in [-0.05, 0) is 17.0 Å². The number of amides is 1. The van der Waals surface area contributed by atoms with Crippen LogP contribution in [-0.4, -0.2) is 23.2 Å². The molecule has 4 nitrogen and oxygen atoms in total. The molecule has 0 aliphatic heterocycles. The topological polar surface area (TPSA) is 49.0 Å². The van der Waals surface area contributed by atoms with E-state index in [4.69, 9.17) is 0 Å². The summed E-state index contributed by atoms with van der Waals surface area (Å²) in [5.74, 6) is -0.796. The summed E-state index contributed by atoms with van der Waals surface area (Å²) >= 11 is 0. The van der Waals surface area contributed by atoms with Crippen LogP contribution in [0, 0.1) is 0 Å². The number of halogens is 3. The van der Waals surface area contributed by atoms with E-state index in [2.05, 4.69) is 11.7 Å². The van der Waals surface area contributed by atoms with Gasteiger partial charge in [-0.1, -0.05) is 45.6 Å². The Bertz CT molecular complexity index is 801. The van der Waals surface area contributed by atoms with Crippen LogP contribution in [0.15, 0.2) is 31.0 Å². The zero-order valence-corrected chi connectivity index (χ0v) is 14.5. The van der Waals surface area contributed by atoms with Gasteiger partial charge in [-0.25, -0.2) is 0 Å². The van der Waals surface area contributed by atoms with Crippen LogP contribution in [0.3, 0.4) is 0 Å². The molecule has 134 valence electrons. The highest BCUT2D eigenvalue weighted by Gasteiger charge is 2.38. The first-order valence-electron chi connectivity index (χ1n) is 7.63. The van der Waals surface area contributed by atoms with Crippen LogP contribution >= 0.6 is 0 Å². The molecule has 1 amide bonds. The van der Waals surface area contributed by atoms with Crippen molar-refractivity contribution in [2.24, 2.45) is 0 Å². The molecule has 2 aromatic rings. The molecule has 0 saturated heterocycles. The van der Waals surface area contributed by atoms with Crippen molar-refractivity contribution in [2.75, 3.05) is 11.9 Å². The summed E-state index contributed by atoms with van der Waals surface area (Å²) in [7, 11) is 1.43. The van der Waals surface area contributed by atoms with Crippen molar-refractivity contribution in [3.63, 3.8) is 0 Å². The van der Waals surface area contributed by atoms with Crippen molar-refractivity contribution >= 4 is 17.7 Å². The monoisotopic (exact) mass is 351 g/mol. The Morgan fingerprint density at radius 3 is 2.44 bits per heavy atom. The van der Waals surface area contributed by atoms with Gasteiger partial charge >= 0.3 is 6.18 Å². The minimum atomic E-state index is -4.68. The molecule has 1 aromatic heterocycles. The minimum absolute atomic E-state index is 0.212. The van der Waals surface area contributed by atoms with Crippen molar-refractivity contribution in [1.29, 1.82) is 0 Å². The molecule has 25 heavy (non-hydrogen) atoms. The van der Waals surface area contributed by atoms with Gasteiger partial charge in [0.15, 0.2) is 5.69 Å². The normalized spacial score (nSPS) is 12.1. The first-order valence-corrected chi connectivity index (χ1v) is 7.63. The smallest absolute Gasteiger partial charge is 0.311 e. The lowest BCUT2D eigenvalue weighted by Crippen LogP contribution is -2.29. The van der Waals surface area contributed by atoms with Crippen LogP contribution in [0.25, 0.3) is 6.08 Å². The summed E-state index contributed by atoms with van der Waals surface area (Å²) in [6.07, 6.45) is -2.18. The van der Waals surface area contributed by atoms with Gasteiger partial charge in [0.25, 0.3) is 5.91 Å². The molecule has 0 spiro atoms. The number of nitrogens with zero attached hydrogens (tertiary/aromatic N) is 2. The van der Waals surface area contributed by atoms with Crippen LogP contribution in [0.4, 0.5) is 18.9 Å². The molecule has 2 rings (SSSR count). The fraction of sp³-hybridized carbons (Fsp3) is 0.333. The Labute approximate surface area is 144 Å². The maximum atomic E-state index is 13.0. The number of H-pyrrole nitrogens is 1. The van der Waals surface area contributed by atoms with E-state index < -0.39 is 23.3 Å². The van der Waals surface area contributed by atoms with Crippen LogP contribution in [-0.2, 0) is 11.6 Å². The summed E-state index contributed by atoms with van der Waals surface area (Å²) in [5.41, 5.74) is 0.256. The quantitative estimate of drug-likeness (QED) is 0.875. The summed E-state index contributed by atoms with van der Waals surface area (Å²) < 4.78 is 39.0. The Morgan fingerprint density at radius 2 is 1.92 bits per heavy atom. The zero-order valence-electron chi connectivity index (χ0n) is 14.5. The number of alkyl halides is 3. The highest BCUT2D eigenvalue weighted by atomic mass is 19.4. The number of carbonyl (C=O) groups is 1. The molecule has 7 heteroatoms. The summed E-state index contributed by atoms with van der Waals surface area (Å²) in [6, 6.07) is 5.36. The number of aromatic amines is 1. The second-order valence-corrected chi connectivity index (χ2v) is 6.71. The number of hydrogen-bond acceptors (Lipinski definition) is 2. The second-order valence-electron chi connectivity index (χ2n) is 6.71. The molecule has 0 bridgehead atoms. The van der Waals surface area contributed by atoms with E-state index in [1.165, 1.54) is 11.9 Å². The molecule has 0 aliphatic carbocycles. The van der Waals surface area contributed by atoms with Gasteiger partial charge in [-0.3, -0.25) is 9.89 Å². The molecule has 1 heterocycles. The summed E-state index contributed by atoms with van der Waals surface area (Å²) in [5, 5.41) is 5.23. The average Bonchev–Trinajstić information content (AvgIpc) is 3.01. The number of nitrogens with one attached hydrogen (secondary N) is 1. The van der Waals surface area contributed by atoms with Gasteiger partial charge in [-0.15, -0.1) is 0 Å². The molecule has 0 saturated carbocycles. The Balaban J connectivity index is 2.52. The molecule has 0 fully saturated rings. The Hall–Kier alpha value is -2.57. The van der Waals surface area contributed by atoms with E-state index >= 15 is 0 Å². The zero-order chi connectivity index (χ0) is 19.0. The van der Waals surface area contributed by atoms with E-state index in [-0.39, 0.29) is 5.41 Å². The number of aromatic nitrogens is 2. The third-order valence-electron chi connectivity index (χ3n) is 3.91. The summed E-state index contributed by atoms with van der Waals surface area (Å²) in [6.45, 7) is 9.83. The van der Waals surface area contributed by atoms with E-state index in [1.807, 2.05) is 31.9 Å². The molecular formula is C18H20F3N3O. The predicted octanol–water partition coefficient (Wildman–Crippen LogP) is 4.65. The van der Waals surface area contributed by atoms with Gasteiger partial charge in [0.2, 0.25) is 0 Å². The number of benzene rings is 1. The van der Waals surface area contributed by atoms with Crippen LogP contribution in [0.2, 0.25) is 0 Å². The lowest BCUT2D eigenvalue weighted by Gasteiger charge is -2.27. The van der Waals surface area contributed by atoms with Crippen molar-refractivity contribution in [2.45, 2.75) is 32.4 Å². The van der Waals surface area contributed by atoms with E-state index in [9.17, 15) is 18.0 Å². The average molecular weight is 351 g/mol. The van der Waals surface area contributed by atoms with Crippen LogP contribution < -0.4 is 4.90 Å². The molecule has 1 N–H and O–H groups in total. The number of carbonyl (C=O) groups excluding carboxylic acids is 1. The molecule has 0 radical (unpaired) electrons. The molecule has 0 unspecified atom stereocenters. The number of anilines is 1. The van der Waals surface area contributed by atoms with Crippen molar-refractivity contribution < 1.29 is 18.0 Å². The summed E-state index contributed by atoms with van der Waals surface area (Å²) in [4.78, 5) is 13.8. The van der Waals surface area contributed by atoms with Gasteiger partial charge in [0.05, 0.1) is 17.4 Å². The Kier molecular flexibility index (Phi) is 4.79. The number of rotatable bonds is 3. The third-order valence-corrected chi connectivity index (χ3v) is 3.91. The van der Waals surface area contributed by atoms with E-state index in [0.717, 1.165) is 11.8 Å². The third kappa shape index (κ3) is 3.60. The predicted molar refractivity (Wildman–Crippen MR) is 91.6 cm³/mol. The SMILES string of the molecule is C=Cc1c(N(C)C(=O)c2cn[nH]c2C(F)(F)F)cccc1C(C)(C)C. The number of hydrogen-bond donors (Lipinski definition) is 1. The maximum absolute atomic E-state index is 13.0. The van der Waals surface area contributed by atoms with Gasteiger partial charge in [0, 0.05) is 12.6 Å². The second kappa shape index (κ2) is 6.38. The van der Waals surface area contributed by atoms with Gasteiger partial charge in [0.1, 0.15) is 0 Å². The van der Waals surface area contributed by atoms with Gasteiger partial charge < -0.3 is 4.90 Å². The highest BCUT2D eigenvalue weighted by Crippen LogP contribution is 2.35. The minimum Gasteiger partial charge on any atom is -0.311 e. The van der Waals surface area contributed by atoms with Crippen LogP contribution in [0.1, 0.15) is 48.0 Å². The fourth-order valence-electron chi connectivity index (χ4n) is 2.67. The lowest BCUT2D eigenvalue weighted by molar-refractivity contribution is -0.141. The van der Waals surface area contributed by atoms with E-state index in [0.29, 0.717) is 11.3 Å². The standard InChI is InChI=1S/C18H20F3N3O/c1-6-11-13(17(2,3)4)8-7-9-14(11)24(5)16(25)12-10-22-23-15(12)18(19,20)21/h6-10H,1H2,2-5H3,(H,22,23). The lowest BCUT2D eigenvalue weighted by atomic mass is 9.83. The van der Waals surface area contributed by atoms with E-state index in [1.54, 1.807) is 18.2 Å². The maximum Gasteiger partial charge on any atom is 0.433 e. The largest absolute Gasteiger partial charge is 0.433 e. The highest BCUT2D eigenvalue weighted by molar-refractivity contribution is 6.07. The van der Waals surface area contributed by atoms with Crippen molar-refractivity contribution in [1.82, 2.24) is 10.2 Å². The molecular weight excluding hydrogens is 331 g/mol. The van der Waals surface area contributed by atoms with Gasteiger partial charge in [-0.2, -0.15) is 18.3 Å². The van der Waals surface area contributed by atoms with Crippen molar-refractivity contribution in [3.8, 4) is 0 Å². The first-order chi connectivity index (χ1) is 11.5. The fourth-order valence-corrected chi connectivity index (χ4v) is 2.67. The van der Waals surface area contributed by atoms with Crippen LogP contribution in [0.5, 0.6) is 0 Å². The van der Waals surface area contributed by atoms with Crippen molar-refractivity contribution in [3.05, 3.63) is 53.4 Å². The molecule has 1 aromatic carbocycles.